The van der Waals surface area contributed by atoms with E-state index in [2.05, 4.69) is 41.1 Å². The molecule has 0 radical (unpaired) electrons. The standard InChI is InChI=1S/C26H24O5/c1-28-25(27)18-30-24-9-5-8-23-22(17-31-26(23)24)14-15-29-16-19-10-12-21(13-11-19)20-6-3-2-4-7-20/h2-13,17H,14-16,18H2,1H3. The van der Waals surface area contributed by atoms with Crippen LogP contribution in [0.25, 0.3) is 22.1 Å². The minimum atomic E-state index is -0.436. The number of hydrogen-bond donors (Lipinski definition) is 0. The molecule has 0 spiro atoms. The number of ether oxygens (including phenoxy) is 3. The summed E-state index contributed by atoms with van der Waals surface area (Å²) in [6, 6.07) is 24.4. The number of fused-ring (bicyclic) bond motifs is 1. The lowest BCUT2D eigenvalue weighted by Crippen LogP contribution is -2.12. The Balaban J connectivity index is 1.31. The first-order chi connectivity index (χ1) is 15.2. The lowest BCUT2D eigenvalue weighted by atomic mass is 10.0. The Kier molecular flexibility index (Phi) is 6.65. The maximum Gasteiger partial charge on any atom is 0.343 e. The van der Waals surface area contributed by atoms with Gasteiger partial charge in [-0.3, -0.25) is 0 Å². The van der Waals surface area contributed by atoms with Crippen LogP contribution < -0.4 is 4.74 Å². The molecule has 4 aromatic rings. The van der Waals surface area contributed by atoms with Gasteiger partial charge in [-0.25, -0.2) is 4.79 Å². The van der Waals surface area contributed by atoms with Crippen LogP contribution in [0.5, 0.6) is 5.75 Å². The van der Waals surface area contributed by atoms with Gasteiger partial charge in [0.15, 0.2) is 17.9 Å². The number of esters is 1. The highest BCUT2D eigenvalue weighted by Crippen LogP contribution is 2.30. The zero-order valence-corrected chi connectivity index (χ0v) is 17.4. The summed E-state index contributed by atoms with van der Waals surface area (Å²) in [5.41, 5.74) is 5.20. The van der Waals surface area contributed by atoms with Crippen molar-refractivity contribution < 1.29 is 23.4 Å². The SMILES string of the molecule is COC(=O)COc1cccc2c(CCOCc3ccc(-c4ccccc4)cc3)coc12. The molecule has 5 heteroatoms. The van der Waals surface area contributed by atoms with Crippen molar-refractivity contribution in [2.75, 3.05) is 20.3 Å². The number of para-hydroxylation sites is 1. The predicted molar refractivity (Wildman–Crippen MR) is 119 cm³/mol. The zero-order valence-electron chi connectivity index (χ0n) is 17.4. The van der Waals surface area contributed by atoms with Gasteiger partial charge in [-0.05, 0) is 29.2 Å². The third kappa shape index (κ3) is 5.13. The molecule has 0 amide bonds. The maximum atomic E-state index is 11.3. The molecule has 0 saturated heterocycles. The predicted octanol–water partition coefficient (Wildman–Crippen LogP) is 5.41. The van der Waals surface area contributed by atoms with E-state index >= 15 is 0 Å². The van der Waals surface area contributed by atoms with Crippen molar-refractivity contribution >= 4 is 16.9 Å². The Morgan fingerprint density at radius 3 is 2.45 bits per heavy atom. The van der Waals surface area contributed by atoms with Gasteiger partial charge >= 0.3 is 5.97 Å². The first-order valence-corrected chi connectivity index (χ1v) is 10.2. The largest absolute Gasteiger partial charge is 0.478 e. The van der Waals surface area contributed by atoms with Crippen molar-refractivity contribution in [3.05, 3.63) is 90.2 Å². The molecule has 0 fully saturated rings. The molecule has 1 heterocycles. The van der Waals surface area contributed by atoms with Gasteiger partial charge in [0, 0.05) is 10.9 Å². The minimum Gasteiger partial charge on any atom is -0.478 e. The first-order valence-electron chi connectivity index (χ1n) is 10.2. The molecule has 3 aromatic carbocycles. The van der Waals surface area contributed by atoms with Gasteiger partial charge in [0.1, 0.15) is 0 Å². The van der Waals surface area contributed by atoms with E-state index in [-0.39, 0.29) is 6.61 Å². The Labute approximate surface area is 181 Å². The summed E-state index contributed by atoms with van der Waals surface area (Å²) in [6.45, 7) is 0.971. The molecule has 0 atom stereocenters. The molecule has 158 valence electrons. The van der Waals surface area contributed by atoms with Gasteiger partial charge in [0.05, 0.1) is 26.6 Å². The Morgan fingerprint density at radius 2 is 1.68 bits per heavy atom. The monoisotopic (exact) mass is 416 g/mol. The average molecular weight is 416 g/mol. The topological polar surface area (TPSA) is 57.9 Å². The third-order valence-electron chi connectivity index (χ3n) is 5.06. The van der Waals surface area contributed by atoms with Crippen LogP contribution in [0, 0.1) is 0 Å². The minimum absolute atomic E-state index is 0.155. The van der Waals surface area contributed by atoms with Crippen LogP contribution in [0.15, 0.2) is 83.5 Å². The fourth-order valence-electron chi connectivity index (χ4n) is 3.38. The molecular formula is C26H24O5. The number of furan rings is 1. The van der Waals surface area contributed by atoms with Gasteiger partial charge in [-0.1, -0.05) is 66.7 Å². The Morgan fingerprint density at radius 1 is 0.903 bits per heavy atom. The summed E-state index contributed by atoms with van der Waals surface area (Å²) in [7, 11) is 1.33. The summed E-state index contributed by atoms with van der Waals surface area (Å²) in [5, 5.41) is 0.957. The van der Waals surface area contributed by atoms with Gasteiger partial charge in [-0.15, -0.1) is 0 Å². The molecule has 0 aliphatic heterocycles. The summed E-state index contributed by atoms with van der Waals surface area (Å²) in [5.74, 6) is 0.0857. The number of methoxy groups -OCH3 is 1. The Bertz CT molecular complexity index is 1130. The molecule has 31 heavy (non-hydrogen) atoms. The average Bonchev–Trinajstić information content (AvgIpc) is 3.25. The second kappa shape index (κ2) is 9.96. The first kappa shape index (κ1) is 20.7. The number of carbonyl (C=O) groups excluding carboxylic acids is 1. The number of rotatable bonds is 9. The smallest absolute Gasteiger partial charge is 0.343 e. The second-order valence-electron chi connectivity index (χ2n) is 7.12. The van der Waals surface area contributed by atoms with Crippen LogP contribution >= 0.6 is 0 Å². The normalized spacial score (nSPS) is 10.9. The number of benzene rings is 3. The highest BCUT2D eigenvalue weighted by atomic mass is 16.6. The van der Waals surface area contributed by atoms with Crippen molar-refractivity contribution in [2.24, 2.45) is 0 Å². The van der Waals surface area contributed by atoms with Gasteiger partial charge in [-0.2, -0.15) is 0 Å². The Hall–Kier alpha value is -3.57. The molecule has 0 N–H and O–H groups in total. The van der Waals surface area contributed by atoms with Crippen LogP contribution in [0.3, 0.4) is 0 Å². The maximum absolute atomic E-state index is 11.3. The molecule has 0 aliphatic rings. The molecular weight excluding hydrogens is 392 g/mol. The molecule has 1 aromatic heterocycles. The van der Waals surface area contributed by atoms with E-state index in [1.165, 1.54) is 18.2 Å². The zero-order chi connectivity index (χ0) is 21.5. The van der Waals surface area contributed by atoms with Crippen molar-refractivity contribution in [1.29, 1.82) is 0 Å². The van der Waals surface area contributed by atoms with E-state index in [0.717, 1.165) is 22.9 Å². The van der Waals surface area contributed by atoms with E-state index in [0.29, 0.717) is 24.5 Å². The van der Waals surface area contributed by atoms with Crippen molar-refractivity contribution in [3.8, 4) is 16.9 Å². The summed E-state index contributed by atoms with van der Waals surface area (Å²) in [6.07, 6.45) is 2.43. The highest BCUT2D eigenvalue weighted by Gasteiger charge is 2.12. The number of carbonyl (C=O) groups is 1. The van der Waals surface area contributed by atoms with Crippen LogP contribution in [0.2, 0.25) is 0 Å². The molecule has 4 rings (SSSR count). The lowest BCUT2D eigenvalue weighted by Gasteiger charge is -2.07. The van der Waals surface area contributed by atoms with Crippen LogP contribution in [0.1, 0.15) is 11.1 Å². The lowest BCUT2D eigenvalue weighted by molar-refractivity contribution is -0.142. The van der Waals surface area contributed by atoms with E-state index in [1.54, 1.807) is 12.3 Å². The van der Waals surface area contributed by atoms with E-state index in [4.69, 9.17) is 13.9 Å². The van der Waals surface area contributed by atoms with E-state index in [1.807, 2.05) is 30.3 Å². The van der Waals surface area contributed by atoms with Crippen LogP contribution in [-0.2, 0) is 27.3 Å². The quantitative estimate of drug-likeness (QED) is 0.270. The molecule has 5 nitrogen and oxygen atoms in total. The summed E-state index contributed by atoms with van der Waals surface area (Å²) >= 11 is 0. The van der Waals surface area contributed by atoms with E-state index < -0.39 is 5.97 Å². The van der Waals surface area contributed by atoms with Crippen LogP contribution in [0.4, 0.5) is 0 Å². The van der Waals surface area contributed by atoms with Gasteiger partial charge in [0.2, 0.25) is 0 Å². The van der Waals surface area contributed by atoms with Crippen molar-refractivity contribution in [1.82, 2.24) is 0 Å². The fourth-order valence-corrected chi connectivity index (χ4v) is 3.38. The van der Waals surface area contributed by atoms with Crippen molar-refractivity contribution in [2.45, 2.75) is 13.0 Å². The van der Waals surface area contributed by atoms with Gasteiger partial charge < -0.3 is 18.6 Å². The summed E-state index contributed by atoms with van der Waals surface area (Å²) in [4.78, 5) is 11.3. The third-order valence-corrected chi connectivity index (χ3v) is 5.06. The number of hydrogen-bond acceptors (Lipinski definition) is 5. The van der Waals surface area contributed by atoms with E-state index in [9.17, 15) is 4.79 Å². The van der Waals surface area contributed by atoms with Crippen LogP contribution in [-0.4, -0.2) is 26.3 Å². The highest BCUT2D eigenvalue weighted by molar-refractivity contribution is 5.86. The molecule has 0 aliphatic carbocycles. The van der Waals surface area contributed by atoms with Crippen molar-refractivity contribution in [3.63, 3.8) is 0 Å². The molecule has 0 unspecified atom stereocenters. The fraction of sp³-hybridized carbons (Fsp3) is 0.192. The second-order valence-corrected chi connectivity index (χ2v) is 7.12. The molecule has 0 saturated carbocycles. The summed E-state index contributed by atoms with van der Waals surface area (Å²) < 4.78 is 21.7. The molecule has 0 bridgehead atoms. The van der Waals surface area contributed by atoms with Gasteiger partial charge in [0.25, 0.3) is 0 Å².